The molecule has 1 N–H and O–H groups in total. The zero-order valence-corrected chi connectivity index (χ0v) is 16.7. The van der Waals surface area contributed by atoms with Gasteiger partial charge in [0, 0.05) is 21.9 Å². The Morgan fingerprint density at radius 3 is 2.85 bits per heavy atom. The van der Waals surface area contributed by atoms with Gasteiger partial charge in [-0.15, -0.1) is 22.7 Å². The third kappa shape index (κ3) is 2.75. The van der Waals surface area contributed by atoms with Gasteiger partial charge < -0.3 is 4.90 Å². The second-order valence-electron chi connectivity index (χ2n) is 6.79. The van der Waals surface area contributed by atoms with E-state index in [1.807, 2.05) is 0 Å². The molecular weight excluding hydrogens is 400 g/mol. The van der Waals surface area contributed by atoms with E-state index >= 15 is 0 Å². The Labute approximate surface area is 169 Å². The summed E-state index contributed by atoms with van der Waals surface area (Å²) in [5.41, 5.74) is 2.42. The molecule has 1 amide bonds. The minimum Gasteiger partial charge on any atom is -0.306 e. The van der Waals surface area contributed by atoms with Gasteiger partial charge in [-0.25, -0.2) is 0 Å². The molecule has 3 aromatic rings. The summed E-state index contributed by atoms with van der Waals surface area (Å²) in [7, 11) is 0. The monoisotopic (exact) mass is 415 g/mol. The summed E-state index contributed by atoms with van der Waals surface area (Å²) in [6, 6.07) is 11.7. The van der Waals surface area contributed by atoms with Crippen molar-refractivity contribution in [3.8, 4) is 0 Å². The fraction of sp³-hybridized carbons (Fsp3) is 0.200. The van der Waals surface area contributed by atoms with Crippen molar-refractivity contribution < 1.29 is 14.5 Å². The number of carbonyl (C=O) groups is 2. The van der Waals surface area contributed by atoms with Gasteiger partial charge in [0.2, 0.25) is 0 Å². The molecular formula is C20H16ClN2O2S2+. The Balaban J connectivity index is 1.52. The van der Waals surface area contributed by atoms with E-state index in [9.17, 15) is 9.59 Å². The zero-order chi connectivity index (χ0) is 18.5. The first-order valence-corrected chi connectivity index (χ1v) is 10.9. The molecule has 0 bridgehead atoms. The fourth-order valence-corrected chi connectivity index (χ4v) is 6.06. The summed E-state index contributed by atoms with van der Waals surface area (Å²) in [5.74, 6) is -0.923. The van der Waals surface area contributed by atoms with E-state index < -0.39 is 11.7 Å². The molecule has 2 aliphatic heterocycles. The van der Waals surface area contributed by atoms with Gasteiger partial charge in [-0.05, 0) is 41.1 Å². The summed E-state index contributed by atoms with van der Waals surface area (Å²) in [5, 5.41) is 4.72. The highest BCUT2D eigenvalue weighted by molar-refractivity contribution is 7.10. The molecule has 2 aromatic heterocycles. The number of hydrogen-bond acceptors (Lipinski definition) is 4. The third-order valence-corrected chi connectivity index (χ3v) is 7.46. The second kappa shape index (κ2) is 6.56. The van der Waals surface area contributed by atoms with E-state index in [2.05, 4.69) is 29.0 Å². The Hall–Kier alpha value is -1.99. The van der Waals surface area contributed by atoms with Crippen LogP contribution in [0.5, 0.6) is 0 Å². The minimum atomic E-state index is -0.465. The van der Waals surface area contributed by atoms with Crippen LogP contribution < -0.4 is 9.80 Å². The fourth-order valence-electron chi connectivity index (χ4n) is 4.06. The molecule has 0 saturated heterocycles. The van der Waals surface area contributed by atoms with Crippen LogP contribution >= 0.6 is 34.3 Å². The number of ketones is 1. The van der Waals surface area contributed by atoms with Crippen LogP contribution in [0, 0.1) is 0 Å². The molecule has 1 aromatic carbocycles. The topological polar surface area (TPSA) is 41.8 Å². The number of halogens is 1. The van der Waals surface area contributed by atoms with Crippen molar-refractivity contribution in [1.82, 2.24) is 0 Å². The molecule has 4 nitrogen and oxygen atoms in total. The maximum absolute atomic E-state index is 12.7. The number of Topliss-reactive ketones (excluding diaryl/α,β-unsaturated/α-hetero) is 1. The molecule has 27 heavy (non-hydrogen) atoms. The highest BCUT2D eigenvalue weighted by atomic mass is 35.5. The van der Waals surface area contributed by atoms with Crippen LogP contribution in [-0.2, 0) is 11.2 Å². The van der Waals surface area contributed by atoms with Crippen molar-refractivity contribution in [3.05, 3.63) is 73.1 Å². The Morgan fingerprint density at radius 1 is 1.15 bits per heavy atom. The normalized spacial score (nSPS) is 21.4. The number of hydrogen-bond donors (Lipinski definition) is 1. The van der Waals surface area contributed by atoms with Gasteiger partial charge in [0.15, 0.2) is 12.7 Å². The van der Waals surface area contributed by atoms with Gasteiger partial charge in [0.25, 0.3) is 5.78 Å². The van der Waals surface area contributed by atoms with Crippen LogP contribution in [0.1, 0.15) is 31.7 Å². The van der Waals surface area contributed by atoms with E-state index in [0.717, 1.165) is 13.0 Å². The molecule has 0 radical (unpaired) electrons. The molecule has 136 valence electrons. The average Bonchev–Trinajstić information content (AvgIpc) is 3.39. The van der Waals surface area contributed by atoms with Gasteiger partial charge in [-0.3, -0.25) is 14.5 Å². The summed E-state index contributed by atoms with van der Waals surface area (Å²) in [6.45, 7) is 1.40. The smallest absolute Gasteiger partial charge is 0.303 e. The predicted octanol–water partition coefficient (Wildman–Crippen LogP) is 3.18. The lowest BCUT2D eigenvalue weighted by Crippen LogP contribution is -3.15. The predicted molar refractivity (Wildman–Crippen MR) is 108 cm³/mol. The average molecular weight is 416 g/mol. The van der Waals surface area contributed by atoms with Crippen molar-refractivity contribution in [2.45, 2.75) is 12.5 Å². The number of nitrogens with one attached hydrogen (secondary N) is 1. The van der Waals surface area contributed by atoms with E-state index in [4.69, 9.17) is 11.6 Å². The molecule has 7 heteroatoms. The zero-order valence-electron chi connectivity index (χ0n) is 14.3. The molecule has 2 atom stereocenters. The van der Waals surface area contributed by atoms with Gasteiger partial charge in [-0.1, -0.05) is 17.7 Å². The molecule has 5 rings (SSSR count). The second-order valence-corrected chi connectivity index (χ2v) is 9.20. The van der Waals surface area contributed by atoms with Crippen LogP contribution in [0.3, 0.4) is 0 Å². The maximum atomic E-state index is 12.7. The molecule has 0 fully saturated rings. The first kappa shape index (κ1) is 17.1. The standard InChI is InChI=1S/C20H15ClN2O2S2/c21-12-3-4-15-14(10-12)19(24)20(25)23(15)11-22-7-5-16-13(6-9-27-16)18(22)17-2-1-8-26-17/h1-4,6,8-10,18H,5,7,11H2/p+1/t18-/m1/s1. The van der Waals surface area contributed by atoms with Crippen LogP contribution in [0.15, 0.2) is 47.2 Å². The molecule has 0 spiro atoms. The highest BCUT2D eigenvalue weighted by Gasteiger charge is 2.41. The van der Waals surface area contributed by atoms with Crippen molar-refractivity contribution in [2.24, 2.45) is 0 Å². The van der Waals surface area contributed by atoms with E-state index in [0.29, 0.717) is 22.9 Å². The summed E-state index contributed by atoms with van der Waals surface area (Å²) < 4.78 is 0. The van der Waals surface area contributed by atoms with Crippen molar-refractivity contribution in [3.63, 3.8) is 0 Å². The minimum absolute atomic E-state index is 0.194. The van der Waals surface area contributed by atoms with Gasteiger partial charge >= 0.3 is 5.91 Å². The van der Waals surface area contributed by atoms with E-state index in [-0.39, 0.29) is 6.04 Å². The number of benzene rings is 1. The molecule has 0 aliphatic carbocycles. The van der Waals surface area contributed by atoms with Crippen LogP contribution in [0.25, 0.3) is 0 Å². The molecule has 0 saturated carbocycles. The molecule has 4 heterocycles. The number of amides is 1. The number of thiophene rings is 2. The number of nitrogens with zero attached hydrogens (tertiary/aromatic N) is 1. The number of anilines is 1. The Kier molecular flexibility index (Phi) is 4.16. The molecule has 2 aliphatic rings. The third-order valence-electron chi connectivity index (χ3n) is 5.29. The summed E-state index contributed by atoms with van der Waals surface area (Å²) in [4.78, 5) is 30.7. The number of quaternary nitrogens is 1. The first-order chi connectivity index (χ1) is 13.1. The van der Waals surface area contributed by atoms with Gasteiger partial charge in [0.05, 0.1) is 22.7 Å². The van der Waals surface area contributed by atoms with Crippen molar-refractivity contribution >= 4 is 51.7 Å². The largest absolute Gasteiger partial charge is 0.306 e. The van der Waals surface area contributed by atoms with Gasteiger partial charge in [-0.2, -0.15) is 0 Å². The highest BCUT2D eigenvalue weighted by Crippen LogP contribution is 2.33. The lowest BCUT2D eigenvalue weighted by Gasteiger charge is -2.34. The van der Waals surface area contributed by atoms with Crippen LogP contribution in [0.4, 0.5) is 5.69 Å². The maximum Gasteiger partial charge on any atom is 0.303 e. The summed E-state index contributed by atoms with van der Waals surface area (Å²) >= 11 is 9.57. The van der Waals surface area contributed by atoms with Gasteiger partial charge in [0.1, 0.15) is 0 Å². The van der Waals surface area contributed by atoms with E-state index in [1.165, 1.54) is 20.2 Å². The van der Waals surface area contributed by atoms with Crippen LogP contribution in [-0.4, -0.2) is 24.9 Å². The lowest BCUT2D eigenvalue weighted by molar-refractivity contribution is -0.926. The van der Waals surface area contributed by atoms with E-state index in [1.54, 1.807) is 45.8 Å². The quantitative estimate of drug-likeness (QED) is 0.667. The summed E-state index contributed by atoms with van der Waals surface area (Å²) in [6.07, 6.45) is 0.994. The van der Waals surface area contributed by atoms with Crippen molar-refractivity contribution in [1.29, 1.82) is 0 Å². The molecule has 1 unspecified atom stereocenters. The Morgan fingerprint density at radius 2 is 2.04 bits per heavy atom. The first-order valence-electron chi connectivity index (χ1n) is 8.73. The lowest BCUT2D eigenvalue weighted by atomic mass is 9.99. The SMILES string of the molecule is O=C1C(=O)N(C[NH+]2CCc3sccc3[C@@H]2c2cccs2)c2ccc(Cl)cc21. The van der Waals surface area contributed by atoms with Crippen molar-refractivity contribution in [2.75, 3.05) is 18.1 Å². The number of rotatable bonds is 3. The number of carbonyl (C=O) groups excluding carboxylic acids is 2. The van der Waals surface area contributed by atoms with Crippen LogP contribution in [0.2, 0.25) is 5.02 Å². The number of fused-ring (bicyclic) bond motifs is 2. The Bertz CT molecular complexity index is 1040.